The zero-order valence-electron chi connectivity index (χ0n) is 16.6. The third-order valence-electron chi connectivity index (χ3n) is 8.59. The summed E-state index contributed by atoms with van der Waals surface area (Å²) >= 11 is 0. The molecule has 142 valence electrons. The predicted molar refractivity (Wildman–Crippen MR) is 102 cm³/mol. The van der Waals surface area contributed by atoms with E-state index in [4.69, 9.17) is 4.74 Å². The lowest BCUT2D eigenvalue weighted by atomic mass is 9.48. The fraction of sp³-hybridized carbons (Fsp3) is 0.739. The van der Waals surface area contributed by atoms with Gasteiger partial charge in [0.2, 0.25) is 0 Å². The van der Waals surface area contributed by atoms with Crippen LogP contribution in [0.25, 0.3) is 0 Å². The minimum Gasteiger partial charge on any atom is -0.367 e. The van der Waals surface area contributed by atoms with Gasteiger partial charge in [0.05, 0.1) is 0 Å². The van der Waals surface area contributed by atoms with Gasteiger partial charge in [-0.25, -0.2) is 0 Å². The summed E-state index contributed by atoms with van der Waals surface area (Å²) in [6.07, 6.45) is 12.2. The Bertz CT molecular complexity index is 704. The van der Waals surface area contributed by atoms with E-state index in [9.17, 15) is 9.59 Å². The number of ether oxygens (including phenoxy) is 1. The average Bonchev–Trinajstić information content (AvgIpc) is 2.90. The maximum Gasteiger partial charge on any atom is 0.162 e. The lowest BCUT2D eigenvalue weighted by Crippen LogP contribution is -2.57. The number of ketones is 2. The molecule has 0 aromatic heterocycles. The van der Waals surface area contributed by atoms with E-state index in [1.54, 1.807) is 6.92 Å². The summed E-state index contributed by atoms with van der Waals surface area (Å²) in [6.45, 7) is 9.00. The minimum absolute atomic E-state index is 0.0809. The zero-order valence-corrected chi connectivity index (χ0v) is 16.6. The van der Waals surface area contributed by atoms with Crippen LogP contribution in [-0.4, -0.2) is 23.8 Å². The quantitative estimate of drug-likeness (QED) is 0.739. The van der Waals surface area contributed by atoms with Gasteiger partial charge >= 0.3 is 0 Å². The summed E-state index contributed by atoms with van der Waals surface area (Å²) in [7, 11) is 0. The smallest absolute Gasteiger partial charge is 0.162 e. The molecule has 4 rings (SSSR count). The highest BCUT2D eigenvalue weighted by atomic mass is 16.5. The molecule has 0 saturated heterocycles. The van der Waals surface area contributed by atoms with Crippen molar-refractivity contribution in [2.75, 3.05) is 6.61 Å². The van der Waals surface area contributed by atoms with Crippen molar-refractivity contribution in [1.82, 2.24) is 0 Å². The van der Waals surface area contributed by atoms with Gasteiger partial charge in [-0.1, -0.05) is 26.0 Å². The molecular weight excluding hydrogens is 324 g/mol. The van der Waals surface area contributed by atoms with E-state index in [2.05, 4.69) is 26.0 Å². The van der Waals surface area contributed by atoms with E-state index in [-0.39, 0.29) is 22.4 Å². The van der Waals surface area contributed by atoms with Gasteiger partial charge in [0.1, 0.15) is 5.60 Å². The van der Waals surface area contributed by atoms with Crippen molar-refractivity contribution < 1.29 is 14.3 Å². The monoisotopic (exact) mass is 356 g/mol. The Morgan fingerprint density at radius 3 is 2.62 bits per heavy atom. The molecule has 26 heavy (non-hydrogen) atoms. The third-order valence-corrected chi connectivity index (χ3v) is 8.59. The van der Waals surface area contributed by atoms with Gasteiger partial charge in [-0.15, -0.1) is 0 Å². The Morgan fingerprint density at radius 2 is 1.92 bits per heavy atom. The molecule has 0 bridgehead atoms. The van der Waals surface area contributed by atoms with Crippen LogP contribution in [0.5, 0.6) is 0 Å². The SMILES string of the molecule is CCO[C@]1(C(C)=O)CC[C@H]2[C@@H]3C=CC4=CC(=O)CC[C@@]4(C)[C@@H]3CC[C@@]21C. The van der Waals surface area contributed by atoms with Crippen LogP contribution >= 0.6 is 0 Å². The lowest BCUT2D eigenvalue weighted by molar-refractivity contribution is -0.170. The van der Waals surface area contributed by atoms with E-state index < -0.39 is 5.60 Å². The molecule has 0 amide bonds. The highest BCUT2D eigenvalue weighted by Gasteiger charge is 2.66. The summed E-state index contributed by atoms with van der Waals surface area (Å²) in [5.41, 5.74) is 0.661. The minimum atomic E-state index is -0.606. The van der Waals surface area contributed by atoms with Crippen LogP contribution in [0, 0.1) is 28.6 Å². The first-order valence-corrected chi connectivity index (χ1v) is 10.4. The molecular formula is C23H32O3. The van der Waals surface area contributed by atoms with Crippen molar-refractivity contribution in [3.8, 4) is 0 Å². The Labute approximate surface area is 157 Å². The number of hydrogen-bond acceptors (Lipinski definition) is 3. The second-order valence-corrected chi connectivity index (χ2v) is 9.44. The first-order valence-electron chi connectivity index (χ1n) is 10.4. The zero-order chi connectivity index (χ0) is 18.7. The largest absolute Gasteiger partial charge is 0.367 e. The second-order valence-electron chi connectivity index (χ2n) is 9.44. The Morgan fingerprint density at radius 1 is 1.19 bits per heavy atom. The fourth-order valence-electron chi connectivity index (χ4n) is 7.16. The van der Waals surface area contributed by atoms with Crippen molar-refractivity contribution in [2.24, 2.45) is 28.6 Å². The van der Waals surface area contributed by atoms with E-state index in [1.165, 1.54) is 5.57 Å². The molecule has 3 heteroatoms. The molecule has 0 spiro atoms. The standard InChI is InChI=1S/C23H32O3/c1-5-26-23(15(2)24)13-10-20-18-7-6-16-14-17(25)8-11-21(16,3)19(18)9-12-22(20,23)4/h6-7,14,18-20H,5,8-13H2,1-4H3/t18-,19-,20+,21-,22+,23+/m1/s1. The van der Waals surface area contributed by atoms with E-state index in [1.807, 2.05) is 13.0 Å². The highest BCUT2D eigenvalue weighted by molar-refractivity contribution is 5.92. The molecule has 3 nitrogen and oxygen atoms in total. The Kier molecular flexibility index (Phi) is 4.11. The summed E-state index contributed by atoms with van der Waals surface area (Å²) in [6, 6.07) is 0. The molecule has 6 atom stereocenters. The molecule has 0 unspecified atom stereocenters. The Balaban J connectivity index is 1.74. The molecule has 4 aliphatic rings. The third kappa shape index (κ3) is 2.16. The number of hydrogen-bond donors (Lipinski definition) is 0. The van der Waals surface area contributed by atoms with Crippen molar-refractivity contribution in [1.29, 1.82) is 0 Å². The number of fused-ring (bicyclic) bond motifs is 5. The number of carbonyl (C=O) groups excluding carboxylic acids is 2. The molecule has 0 heterocycles. The van der Waals surface area contributed by atoms with Crippen molar-refractivity contribution >= 4 is 11.6 Å². The number of allylic oxidation sites excluding steroid dienone is 4. The van der Waals surface area contributed by atoms with E-state index in [0.717, 1.165) is 32.1 Å². The molecule has 0 radical (unpaired) electrons. The topological polar surface area (TPSA) is 43.4 Å². The lowest BCUT2D eigenvalue weighted by Gasteiger charge is -2.57. The van der Waals surface area contributed by atoms with Gasteiger partial charge in [-0.2, -0.15) is 0 Å². The van der Waals surface area contributed by atoms with Crippen LogP contribution in [0.2, 0.25) is 0 Å². The van der Waals surface area contributed by atoms with Crippen LogP contribution in [0.4, 0.5) is 0 Å². The summed E-state index contributed by atoms with van der Waals surface area (Å²) in [5.74, 6) is 2.04. The summed E-state index contributed by atoms with van der Waals surface area (Å²) < 4.78 is 6.22. The van der Waals surface area contributed by atoms with Crippen LogP contribution in [0.3, 0.4) is 0 Å². The Hall–Kier alpha value is -1.22. The summed E-state index contributed by atoms with van der Waals surface area (Å²) in [4.78, 5) is 24.6. The van der Waals surface area contributed by atoms with Gasteiger partial charge in [-0.05, 0) is 80.8 Å². The highest BCUT2D eigenvalue weighted by Crippen LogP contribution is 2.67. The first-order chi connectivity index (χ1) is 12.3. The number of Topliss-reactive ketones (excluding diaryl/α,β-unsaturated/α-hetero) is 1. The van der Waals surface area contributed by atoms with Crippen LogP contribution in [-0.2, 0) is 14.3 Å². The van der Waals surface area contributed by atoms with Crippen LogP contribution in [0.1, 0.15) is 66.2 Å². The molecule has 0 aliphatic heterocycles. The van der Waals surface area contributed by atoms with E-state index in [0.29, 0.717) is 30.8 Å². The van der Waals surface area contributed by atoms with Crippen LogP contribution < -0.4 is 0 Å². The molecule has 0 N–H and O–H groups in total. The summed E-state index contributed by atoms with van der Waals surface area (Å²) in [5, 5.41) is 0. The normalized spacial score (nSPS) is 47.0. The number of carbonyl (C=O) groups is 2. The molecule has 2 saturated carbocycles. The average molecular weight is 357 g/mol. The molecule has 4 aliphatic carbocycles. The molecule has 0 aromatic rings. The number of rotatable bonds is 3. The van der Waals surface area contributed by atoms with Crippen LogP contribution in [0.15, 0.2) is 23.8 Å². The second kappa shape index (κ2) is 5.89. The van der Waals surface area contributed by atoms with Crippen molar-refractivity contribution in [3.63, 3.8) is 0 Å². The van der Waals surface area contributed by atoms with Gasteiger partial charge in [0, 0.05) is 18.4 Å². The van der Waals surface area contributed by atoms with Gasteiger partial charge in [-0.3, -0.25) is 9.59 Å². The fourth-order valence-corrected chi connectivity index (χ4v) is 7.16. The van der Waals surface area contributed by atoms with Crippen molar-refractivity contribution in [3.05, 3.63) is 23.8 Å². The maximum absolute atomic E-state index is 12.7. The van der Waals surface area contributed by atoms with Gasteiger partial charge in [0.15, 0.2) is 11.6 Å². The van der Waals surface area contributed by atoms with Gasteiger partial charge in [0.25, 0.3) is 0 Å². The first kappa shape index (κ1) is 18.2. The van der Waals surface area contributed by atoms with E-state index >= 15 is 0 Å². The molecule has 2 fully saturated rings. The molecule has 0 aromatic carbocycles. The maximum atomic E-state index is 12.7. The van der Waals surface area contributed by atoms with Crippen molar-refractivity contribution in [2.45, 2.75) is 71.8 Å². The van der Waals surface area contributed by atoms with Gasteiger partial charge < -0.3 is 4.74 Å². The predicted octanol–water partition coefficient (Wildman–Crippen LogP) is 4.66.